The molecule has 2 aliphatic carbocycles. The van der Waals surface area contributed by atoms with Gasteiger partial charge in [-0.05, 0) is 25.7 Å². The number of hydrogen-bond donors (Lipinski definition) is 1. The van der Waals surface area contributed by atoms with Gasteiger partial charge in [-0.15, -0.1) is 0 Å². The monoisotopic (exact) mass is 263 g/mol. The molecular weight excluding hydrogens is 246 g/mol. The van der Waals surface area contributed by atoms with Crippen LogP contribution in [0.3, 0.4) is 0 Å². The summed E-state index contributed by atoms with van der Waals surface area (Å²) in [6.07, 6.45) is 4.20. The van der Waals surface area contributed by atoms with Gasteiger partial charge in [-0.3, -0.25) is 4.79 Å². The van der Waals surface area contributed by atoms with E-state index in [1.54, 1.807) is 4.90 Å². The maximum Gasteiger partial charge on any atom is 0.249 e. The van der Waals surface area contributed by atoms with E-state index in [1.165, 1.54) is 0 Å². The Kier molecular flexibility index (Phi) is 2.42. The smallest absolute Gasteiger partial charge is 0.249 e. The molecule has 19 heavy (non-hydrogen) atoms. The van der Waals surface area contributed by atoms with Crippen molar-refractivity contribution < 1.29 is 14.4 Å². The first kappa shape index (κ1) is 11.4. The quantitative estimate of drug-likeness (QED) is 0.879. The third-order valence-corrected chi connectivity index (χ3v) is 4.17. The average molecular weight is 263 g/mol. The number of aromatic nitrogens is 2. The summed E-state index contributed by atoms with van der Waals surface area (Å²) in [6, 6.07) is -0.233. The third-order valence-electron chi connectivity index (χ3n) is 4.17. The summed E-state index contributed by atoms with van der Waals surface area (Å²) in [4.78, 5) is 18.4. The van der Waals surface area contributed by atoms with Crippen molar-refractivity contribution in [2.75, 3.05) is 6.54 Å². The van der Waals surface area contributed by atoms with Crippen LogP contribution >= 0.6 is 0 Å². The van der Waals surface area contributed by atoms with E-state index < -0.39 is 6.10 Å². The van der Waals surface area contributed by atoms with E-state index in [-0.39, 0.29) is 17.9 Å². The van der Waals surface area contributed by atoms with Gasteiger partial charge in [-0.1, -0.05) is 5.16 Å². The van der Waals surface area contributed by atoms with Gasteiger partial charge in [0.05, 0.1) is 6.10 Å². The van der Waals surface area contributed by atoms with Crippen molar-refractivity contribution in [1.82, 2.24) is 15.0 Å². The van der Waals surface area contributed by atoms with Gasteiger partial charge in [0.25, 0.3) is 0 Å². The molecule has 6 heteroatoms. The largest absolute Gasteiger partial charge is 0.391 e. The van der Waals surface area contributed by atoms with Crippen LogP contribution in [0.5, 0.6) is 0 Å². The summed E-state index contributed by atoms with van der Waals surface area (Å²) in [5.41, 5.74) is 0. The van der Waals surface area contributed by atoms with Crippen LogP contribution in [-0.4, -0.2) is 38.7 Å². The third kappa shape index (κ3) is 2.04. The topological polar surface area (TPSA) is 79.5 Å². The molecule has 1 saturated heterocycles. The molecule has 2 atom stereocenters. The minimum Gasteiger partial charge on any atom is -0.391 e. The molecule has 4 rings (SSSR count). The van der Waals surface area contributed by atoms with Crippen molar-refractivity contribution in [2.24, 2.45) is 5.92 Å². The van der Waals surface area contributed by atoms with Gasteiger partial charge in [0.1, 0.15) is 6.04 Å². The molecule has 3 fully saturated rings. The molecular formula is C13H17N3O3. The van der Waals surface area contributed by atoms with Crippen LogP contribution in [-0.2, 0) is 4.79 Å². The van der Waals surface area contributed by atoms with Crippen molar-refractivity contribution in [3.05, 3.63) is 11.7 Å². The standard InChI is InChI=1S/C13H17N3O3/c17-9-5-10(16(6-9)13(18)8-3-4-8)12-14-11(15-19-12)7-1-2-7/h7-10,17H,1-6H2/t9-,10+/m1/s1. The Morgan fingerprint density at radius 2 is 2.11 bits per heavy atom. The van der Waals surface area contributed by atoms with Crippen molar-refractivity contribution in [1.29, 1.82) is 0 Å². The number of carbonyl (C=O) groups is 1. The fourth-order valence-corrected chi connectivity index (χ4v) is 2.75. The lowest BCUT2D eigenvalue weighted by molar-refractivity contribution is -0.134. The molecule has 1 amide bonds. The maximum absolute atomic E-state index is 12.2. The number of likely N-dealkylation sites (tertiary alicyclic amines) is 1. The molecule has 0 radical (unpaired) electrons. The van der Waals surface area contributed by atoms with E-state index in [0.29, 0.717) is 24.8 Å². The fraction of sp³-hybridized carbons (Fsp3) is 0.769. The van der Waals surface area contributed by atoms with Gasteiger partial charge in [-0.2, -0.15) is 4.98 Å². The SMILES string of the molecule is O=C(C1CC1)N1C[C@H](O)C[C@H]1c1nc(C2CC2)no1. The lowest BCUT2D eigenvalue weighted by Crippen LogP contribution is -2.33. The molecule has 2 saturated carbocycles. The Morgan fingerprint density at radius 1 is 1.32 bits per heavy atom. The van der Waals surface area contributed by atoms with Crippen molar-refractivity contribution in [3.8, 4) is 0 Å². The van der Waals surface area contributed by atoms with Crippen LogP contribution in [0.25, 0.3) is 0 Å². The normalized spacial score (nSPS) is 30.9. The molecule has 1 N–H and O–H groups in total. The second-order valence-corrected chi connectivity index (χ2v) is 5.94. The summed E-state index contributed by atoms with van der Waals surface area (Å²) >= 11 is 0. The molecule has 102 valence electrons. The zero-order valence-electron chi connectivity index (χ0n) is 10.7. The summed E-state index contributed by atoms with van der Waals surface area (Å²) in [7, 11) is 0. The first-order chi connectivity index (χ1) is 9.22. The second kappa shape index (κ2) is 4.03. The van der Waals surface area contributed by atoms with Crippen LogP contribution < -0.4 is 0 Å². The van der Waals surface area contributed by atoms with Crippen LogP contribution in [0.4, 0.5) is 0 Å². The second-order valence-electron chi connectivity index (χ2n) is 5.94. The van der Waals surface area contributed by atoms with Crippen LogP contribution in [0, 0.1) is 5.92 Å². The Morgan fingerprint density at radius 3 is 2.79 bits per heavy atom. The van der Waals surface area contributed by atoms with Crippen LogP contribution in [0.15, 0.2) is 4.52 Å². The minimum atomic E-state index is -0.482. The molecule has 3 aliphatic rings. The van der Waals surface area contributed by atoms with Gasteiger partial charge in [0, 0.05) is 24.8 Å². The molecule has 0 aromatic carbocycles. The number of β-amino-alcohol motifs (C(OH)–C–C–N with tert-alkyl or cyclic N) is 1. The lowest BCUT2D eigenvalue weighted by Gasteiger charge is -2.21. The van der Waals surface area contributed by atoms with E-state index in [4.69, 9.17) is 4.52 Å². The zero-order valence-corrected chi connectivity index (χ0v) is 10.7. The molecule has 0 bridgehead atoms. The van der Waals surface area contributed by atoms with Gasteiger partial charge >= 0.3 is 0 Å². The van der Waals surface area contributed by atoms with E-state index in [0.717, 1.165) is 31.5 Å². The highest BCUT2D eigenvalue weighted by atomic mass is 16.5. The maximum atomic E-state index is 12.2. The Hall–Kier alpha value is -1.43. The number of nitrogens with zero attached hydrogens (tertiary/aromatic N) is 3. The fourth-order valence-electron chi connectivity index (χ4n) is 2.75. The number of hydrogen-bond acceptors (Lipinski definition) is 5. The van der Waals surface area contributed by atoms with Gasteiger partial charge in [-0.25, -0.2) is 0 Å². The number of rotatable bonds is 3. The predicted molar refractivity (Wildman–Crippen MR) is 64.1 cm³/mol. The Bertz CT molecular complexity index is 507. The summed E-state index contributed by atoms with van der Waals surface area (Å²) < 4.78 is 5.31. The van der Waals surface area contributed by atoms with Gasteiger partial charge < -0.3 is 14.5 Å². The molecule has 0 spiro atoms. The molecule has 1 aliphatic heterocycles. The van der Waals surface area contributed by atoms with Gasteiger partial charge in [0.15, 0.2) is 5.82 Å². The molecule has 1 aromatic heterocycles. The van der Waals surface area contributed by atoms with Crippen LogP contribution in [0.1, 0.15) is 55.8 Å². The predicted octanol–water partition coefficient (Wildman–Crippen LogP) is 0.991. The average Bonchev–Trinajstić information content (AvgIpc) is 3.32. The number of carbonyl (C=O) groups excluding carboxylic acids is 1. The summed E-state index contributed by atoms with van der Waals surface area (Å²) in [6.45, 7) is 0.390. The first-order valence-corrected chi connectivity index (χ1v) is 7.04. The highest BCUT2D eigenvalue weighted by molar-refractivity contribution is 5.81. The highest BCUT2D eigenvalue weighted by Crippen LogP contribution is 2.41. The summed E-state index contributed by atoms with van der Waals surface area (Å²) in [5, 5.41) is 13.8. The highest BCUT2D eigenvalue weighted by Gasteiger charge is 2.44. The van der Waals surface area contributed by atoms with Crippen molar-refractivity contribution in [2.45, 2.75) is 50.2 Å². The molecule has 1 aromatic rings. The number of aliphatic hydroxyl groups is 1. The first-order valence-electron chi connectivity index (χ1n) is 7.04. The number of aliphatic hydroxyl groups excluding tert-OH is 1. The summed E-state index contributed by atoms with van der Waals surface area (Å²) in [5.74, 6) is 1.98. The molecule has 0 unspecified atom stereocenters. The van der Waals surface area contributed by atoms with Gasteiger partial charge in [0.2, 0.25) is 11.8 Å². The van der Waals surface area contributed by atoms with E-state index in [2.05, 4.69) is 10.1 Å². The van der Waals surface area contributed by atoms with Crippen LogP contribution in [0.2, 0.25) is 0 Å². The minimum absolute atomic E-state index is 0.132. The Balaban J connectivity index is 1.57. The zero-order chi connectivity index (χ0) is 13.0. The van der Waals surface area contributed by atoms with E-state index >= 15 is 0 Å². The van der Waals surface area contributed by atoms with E-state index in [1.807, 2.05) is 0 Å². The number of amides is 1. The lowest BCUT2D eigenvalue weighted by atomic mass is 10.2. The van der Waals surface area contributed by atoms with Crippen molar-refractivity contribution >= 4 is 5.91 Å². The molecule has 2 heterocycles. The van der Waals surface area contributed by atoms with E-state index in [9.17, 15) is 9.90 Å². The Labute approximate surface area is 110 Å². The molecule has 6 nitrogen and oxygen atoms in total. The van der Waals surface area contributed by atoms with Crippen molar-refractivity contribution in [3.63, 3.8) is 0 Å².